The van der Waals surface area contributed by atoms with Gasteiger partial charge in [0.15, 0.2) is 0 Å². The van der Waals surface area contributed by atoms with Crippen LogP contribution in [0.5, 0.6) is 5.75 Å². The highest BCUT2D eigenvalue weighted by Gasteiger charge is 2.17. The van der Waals surface area contributed by atoms with Crippen molar-refractivity contribution >= 4 is 17.7 Å². The van der Waals surface area contributed by atoms with E-state index in [4.69, 9.17) is 9.84 Å². The minimum atomic E-state index is -0.902. The number of anilines is 1. The van der Waals surface area contributed by atoms with Crippen molar-refractivity contribution in [3.63, 3.8) is 0 Å². The van der Waals surface area contributed by atoms with Crippen LogP contribution < -0.4 is 5.32 Å². The number of amides is 1. The Labute approximate surface area is 117 Å². The van der Waals surface area contributed by atoms with E-state index in [9.17, 15) is 14.7 Å². The molecule has 0 heterocycles. The van der Waals surface area contributed by atoms with Crippen LogP contribution >= 0.6 is 0 Å². The lowest BCUT2D eigenvalue weighted by Gasteiger charge is -2.20. The molecule has 0 fully saturated rings. The van der Waals surface area contributed by atoms with Gasteiger partial charge >= 0.3 is 12.1 Å². The van der Waals surface area contributed by atoms with Crippen molar-refractivity contribution < 1.29 is 24.5 Å². The summed E-state index contributed by atoms with van der Waals surface area (Å²) in [5, 5.41) is 20.8. The van der Waals surface area contributed by atoms with Gasteiger partial charge in [0.25, 0.3) is 0 Å². The van der Waals surface area contributed by atoms with E-state index in [2.05, 4.69) is 5.32 Å². The highest BCUT2D eigenvalue weighted by Crippen LogP contribution is 2.25. The lowest BCUT2D eigenvalue weighted by atomic mass is 10.1. The van der Waals surface area contributed by atoms with E-state index in [0.29, 0.717) is 12.0 Å². The van der Waals surface area contributed by atoms with Gasteiger partial charge < -0.3 is 14.9 Å². The number of nitrogens with one attached hydrogen (secondary N) is 1. The lowest BCUT2D eigenvalue weighted by Crippen LogP contribution is -2.27. The minimum Gasteiger partial charge on any atom is -0.506 e. The molecule has 6 heteroatoms. The summed E-state index contributed by atoms with van der Waals surface area (Å²) in [6.45, 7) is 5.21. The second kappa shape index (κ2) is 6.27. The summed E-state index contributed by atoms with van der Waals surface area (Å²) in [5.41, 5.74) is 0.277. The van der Waals surface area contributed by atoms with Crippen LogP contribution in [0.3, 0.4) is 0 Å². The predicted octanol–water partition coefficient (Wildman–Crippen LogP) is 2.76. The van der Waals surface area contributed by atoms with Gasteiger partial charge in [-0.1, -0.05) is 6.07 Å². The zero-order valence-electron chi connectivity index (χ0n) is 11.8. The molecule has 20 heavy (non-hydrogen) atoms. The van der Waals surface area contributed by atoms with Crippen LogP contribution in [-0.4, -0.2) is 27.9 Å². The first-order valence-corrected chi connectivity index (χ1v) is 6.21. The SMILES string of the molecule is CC(C)(C)OC(=O)Nc1ccc(CCC(=O)O)cc1O. The van der Waals surface area contributed by atoms with Gasteiger partial charge in [-0.15, -0.1) is 0 Å². The number of aromatic hydroxyl groups is 1. The molecule has 1 aromatic carbocycles. The van der Waals surface area contributed by atoms with E-state index in [1.165, 1.54) is 12.1 Å². The van der Waals surface area contributed by atoms with E-state index >= 15 is 0 Å². The van der Waals surface area contributed by atoms with Crippen LogP contribution in [0.1, 0.15) is 32.8 Å². The third kappa shape index (κ3) is 5.60. The molecule has 0 spiro atoms. The highest BCUT2D eigenvalue weighted by atomic mass is 16.6. The molecule has 0 aliphatic rings. The van der Waals surface area contributed by atoms with Crippen LogP contribution in [0.25, 0.3) is 0 Å². The van der Waals surface area contributed by atoms with Gasteiger partial charge in [-0.2, -0.15) is 0 Å². The molecule has 3 N–H and O–H groups in total. The molecular formula is C14H19NO5. The van der Waals surface area contributed by atoms with Crippen LogP contribution in [-0.2, 0) is 16.0 Å². The monoisotopic (exact) mass is 281 g/mol. The summed E-state index contributed by atoms with van der Waals surface area (Å²) in [6.07, 6.45) is -0.362. The first-order chi connectivity index (χ1) is 9.17. The number of phenolic OH excluding ortho intramolecular Hbond substituents is 1. The average molecular weight is 281 g/mol. The van der Waals surface area contributed by atoms with Crippen LogP contribution in [0, 0.1) is 0 Å². The fraction of sp³-hybridized carbons (Fsp3) is 0.429. The molecule has 0 aliphatic carbocycles. The smallest absolute Gasteiger partial charge is 0.412 e. The first kappa shape index (κ1) is 15.8. The minimum absolute atomic E-state index is 0.0156. The number of ether oxygens (including phenoxy) is 1. The number of phenols is 1. The van der Waals surface area contributed by atoms with Crippen LogP contribution in [0.15, 0.2) is 18.2 Å². The molecule has 0 saturated heterocycles. The number of hydrogen-bond donors (Lipinski definition) is 3. The summed E-state index contributed by atoms with van der Waals surface area (Å²) < 4.78 is 5.07. The number of rotatable bonds is 4. The molecule has 0 saturated carbocycles. The lowest BCUT2D eigenvalue weighted by molar-refractivity contribution is -0.136. The van der Waals surface area contributed by atoms with Crippen molar-refractivity contribution in [1.82, 2.24) is 0 Å². The predicted molar refractivity (Wildman–Crippen MR) is 73.9 cm³/mol. The Morgan fingerprint density at radius 2 is 1.95 bits per heavy atom. The van der Waals surface area contributed by atoms with Gasteiger partial charge in [0.2, 0.25) is 0 Å². The molecule has 1 rings (SSSR count). The zero-order chi connectivity index (χ0) is 15.3. The highest BCUT2D eigenvalue weighted by molar-refractivity contribution is 5.86. The number of aryl methyl sites for hydroxylation is 1. The summed E-state index contributed by atoms with van der Waals surface area (Å²) in [4.78, 5) is 22.0. The first-order valence-electron chi connectivity index (χ1n) is 6.21. The van der Waals surface area contributed by atoms with E-state index in [0.717, 1.165) is 0 Å². The largest absolute Gasteiger partial charge is 0.506 e. The van der Waals surface area contributed by atoms with Gasteiger partial charge in [-0.3, -0.25) is 10.1 Å². The van der Waals surface area contributed by atoms with Crippen LogP contribution in [0.4, 0.5) is 10.5 Å². The fourth-order valence-corrected chi connectivity index (χ4v) is 1.50. The quantitative estimate of drug-likeness (QED) is 0.737. The molecule has 0 unspecified atom stereocenters. The second-order valence-corrected chi connectivity index (χ2v) is 5.37. The third-order valence-corrected chi connectivity index (χ3v) is 2.33. The maximum atomic E-state index is 11.6. The fourth-order valence-electron chi connectivity index (χ4n) is 1.50. The number of carbonyl (C=O) groups excluding carboxylic acids is 1. The van der Waals surface area contributed by atoms with Gasteiger partial charge in [0.05, 0.1) is 5.69 Å². The Morgan fingerprint density at radius 3 is 2.45 bits per heavy atom. The standard InChI is InChI=1S/C14H19NO5/c1-14(2,3)20-13(19)15-10-6-4-9(8-11(10)16)5-7-12(17)18/h4,6,8,16H,5,7H2,1-3H3,(H,15,19)(H,17,18). The molecule has 0 atom stereocenters. The number of aliphatic carboxylic acids is 1. The molecule has 0 aromatic heterocycles. The molecule has 0 aliphatic heterocycles. The number of carboxylic acids is 1. The average Bonchev–Trinajstić information content (AvgIpc) is 2.27. The van der Waals surface area contributed by atoms with Crippen molar-refractivity contribution in [2.75, 3.05) is 5.32 Å². The van der Waals surface area contributed by atoms with E-state index in [1.54, 1.807) is 26.8 Å². The third-order valence-electron chi connectivity index (χ3n) is 2.33. The Morgan fingerprint density at radius 1 is 1.30 bits per heavy atom. The number of hydrogen-bond acceptors (Lipinski definition) is 4. The molecule has 6 nitrogen and oxygen atoms in total. The number of carbonyl (C=O) groups is 2. The molecule has 0 radical (unpaired) electrons. The van der Waals surface area contributed by atoms with Crippen molar-refractivity contribution in [2.45, 2.75) is 39.2 Å². The molecule has 1 amide bonds. The number of carboxylic acid groups (broad SMARTS) is 1. The van der Waals surface area contributed by atoms with E-state index < -0.39 is 17.7 Å². The van der Waals surface area contributed by atoms with Crippen molar-refractivity contribution in [1.29, 1.82) is 0 Å². The molecule has 1 aromatic rings. The summed E-state index contributed by atoms with van der Waals surface area (Å²) in [6, 6.07) is 4.58. The molecule has 0 bridgehead atoms. The zero-order valence-corrected chi connectivity index (χ0v) is 11.8. The Balaban J connectivity index is 2.68. The van der Waals surface area contributed by atoms with Crippen molar-refractivity contribution in [2.24, 2.45) is 0 Å². The Hall–Kier alpha value is -2.24. The van der Waals surface area contributed by atoms with Crippen molar-refractivity contribution in [3.8, 4) is 5.75 Å². The van der Waals surface area contributed by atoms with Gasteiger partial charge in [-0.05, 0) is 44.9 Å². The Bertz CT molecular complexity index is 505. The maximum absolute atomic E-state index is 11.6. The van der Waals surface area contributed by atoms with Gasteiger partial charge in [0, 0.05) is 6.42 Å². The summed E-state index contributed by atoms with van der Waals surface area (Å²) >= 11 is 0. The summed E-state index contributed by atoms with van der Waals surface area (Å²) in [7, 11) is 0. The van der Waals surface area contributed by atoms with E-state index in [1.807, 2.05) is 0 Å². The molecule has 110 valence electrons. The van der Waals surface area contributed by atoms with Gasteiger partial charge in [-0.25, -0.2) is 4.79 Å². The summed E-state index contributed by atoms with van der Waals surface area (Å²) in [5.74, 6) is -1.03. The number of benzene rings is 1. The van der Waals surface area contributed by atoms with Crippen molar-refractivity contribution in [3.05, 3.63) is 23.8 Å². The Kier molecular flexibility index (Phi) is 4.96. The molecular weight excluding hydrogens is 262 g/mol. The maximum Gasteiger partial charge on any atom is 0.412 e. The van der Waals surface area contributed by atoms with Gasteiger partial charge in [0.1, 0.15) is 11.4 Å². The normalized spacial score (nSPS) is 10.9. The second-order valence-electron chi connectivity index (χ2n) is 5.37. The van der Waals surface area contributed by atoms with E-state index in [-0.39, 0.29) is 17.9 Å². The topological polar surface area (TPSA) is 95.9 Å². The van der Waals surface area contributed by atoms with Crippen LogP contribution in [0.2, 0.25) is 0 Å².